The number of carbonyl (C=O) groups is 2. The summed E-state index contributed by atoms with van der Waals surface area (Å²) >= 11 is 1.24. The van der Waals surface area contributed by atoms with Gasteiger partial charge in [-0.1, -0.05) is 13.8 Å². The largest absolute Gasteiger partial charge is 0.486 e. The fourth-order valence-corrected chi connectivity index (χ4v) is 2.85. The van der Waals surface area contributed by atoms with Crippen LogP contribution in [0.4, 0.5) is 5.69 Å². The Hall–Kier alpha value is -1.69. The zero-order valence-corrected chi connectivity index (χ0v) is 13.0. The van der Waals surface area contributed by atoms with E-state index in [4.69, 9.17) is 9.84 Å². The van der Waals surface area contributed by atoms with Crippen LogP contribution in [0.3, 0.4) is 0 Å². The first kappa shape index (κ1) is 15.7. The summed E-state index contributed by atoms with van der Waals surface area (Å²) in [5.74, 6) is -0.117. The number of hydrogen-bond acceptors (Lipinski definition) is 4. The van der Waals surface area contributed by atoms with E-state index in [0.717, 1.165) is 17.0 Å². The SMILES string of the molecule is CCC(=O)N1CC(CC)Oc2ccc(SCC(=O)O)cc21. The summed E-state index contributed by atoms with van der Waals surface area (Å²) in [6.45, 7) is 4.41. The van der Waals surface area contributed by atoms with E-state index in [1.165, 1.54) is 11.8 Å². The Morgan fingerprint density at radius 3 is 2.81 bits per heavy atom. The van der Waals surface area contributed by atoms with E-state index in [-0.39, 0.29) is 17.8 Å². The molecule has 1 N–H and O–H groups in total. The van der Waals surface area contributed by atoms with Crippen molar-refractivity contribution in [3.63, 3.8) is 0 Å². The van der Waals surface area contributed by atoms with Gasteiger partial charge in [-0.05, 0) is 24.6 Å². The Morgan fingerprint density at radius 2 is 2.19 bits per heavy atom. The van der Waals surface area contributed by atoms with Gasteiger partial charge in [-0.25, -0.2) is 0 Å². The molecule has 0 spiro atoms. The monoisotopic (exact) mass is 309 g/mol. The molecule has 0 fully saturated rings. The minimum atomic E-state index is -0.860. The van der Waals surface area contributed by atoms with Gasteiger partial charge in [-0.15, -0.1) is 11.8 Å². The van der Waals surface area contributed by atoms with E-state index in [9.17, 15) is 9.59 Å². The first-order valence-corrected chi connectivity index (χ1v) is 7.99. The number of carboxylic acid groups (broad SMARTS) is 1. The van der Waals surface area contributed by atoms with Crippen molar-refractivity contribution >= 4 is 29.3 Å². The van der Waals surface area contributed by atoms with Crippen LogP contribution >= 0.6 is 11.8 Å². The smallest absolute Gasteiger partial charge is 0.313 e. The van der Waals surface area contributed by atoms with Gasteiger partial charge in [0.25, 0.3) is 0 Å². The molecular weight excluding hydrogens is 290 g/mol. The van der Waals surface area contributed by atoms with Gasteiger partial charge in [0.15, 0.2) is 0 Å². The molecular formula is C15H19NO4S. The van der Waals surface area contributed by atoms with Crippen molar-refractivity contribution in [2.75, 3.05) is 17.2 Å². The average molecular weight is 309 g/mol. The van der Waals surface area contributed by atoms with Crippen LogP contribution < -0.4 is 9.64 Å². The summed E-state index contributed by atoms with van der Waals surface area (Å²) in [5, 5.41) is 8.75. The Labute approximate surface area is 128 Å². The lowest BCUT2D eigenvalue weighted by atomic mass is 10.1. The number of carboxylic acids is 1. The van der Waals surface area contributed by atoms with Gasteiger partial charge in [0.1, 0.15) is 11.9 Å². The van der Waals surface area contributed by atoms with Crippen LogP contribution in [-0.4, -0.2) is 35.4 Å². The summed E-state index contributed by atoms with van der Waals surface area (Å²) < 4.78 is 5.87. The van der Waals surface area contributed by atoms with Crippen molar-refractivity contribution in [2.45, 2.75) is 37.7 Å². The van der Waals surface area contributed by atoms with Gasteiger partial charge in [-0.2, -0.15) is 0 Å². The maximum Gasteiger partial charge on any atom is 0.313 e. The van der Waals surface area contributed by atoms with Crippen LogP contribution in [0.1, 0.15) is 26.7 Å². The molecule has 0 aliphatic carbocycles. The molecule has 1 aliphatic rings. The molecule has 0 aromatic heterocycles. The lowest BCUT2D eigenvalue weighted by Gasteiger charge is -2.34. The standard InChI is InChI=1S/C15H19NO4S/c1-3-10-8-16(14(17)4-2)12-7-11(21-9-15(18)19)5-6-13(12)20-10/h5-7,10H,3-4,8-9H2,1-2H3,(H,18,19). The Balaban J connectivity index is 2.29. The topological polar surface area (TPSA) is 66.8 Å². The molecule has 2 rings (SSSR count). The van der Waals surface area contributed by atoms with E-state index in [1.54, 1.807) is 4.90 Å². The second kappa shape index (κ2) is 6.85. The average Bonchev–Trinajstić information content (AvgIpc) is 2.50. The van der Waals surface area contributed by atoms with Crippen molar-refractivity contribution in [3.8, 4) is 5.75 Å². The van der Waals surface area contributed by atoms with Crippen LogP contribution in [0.2, 0.25) is 0 Å². The van der Waals surface area contributed by atoms with E-state index >= 15 is 0 Å². The van der Waals surface area contributed by atoms with E-state index in [0.29, 0.717) is 18.7 Å². The highest BCUT2D eigenvalue weighted by molar-refractivity contribution is 8.00. The first-order chi connectivity index (χ1) is 10.0. The number of carbonyl (C=O) groups excluding carboxylic acids is 1. The van der Waals surface area contributed by atoms with Crippen LogP contribution in [-0.2, 0) is 9.59 Å². The molecule has 1 unspecified atom stereocenters. The molecule has 1 aliphatic heterocycles. The van der Waals surface area contributed by atoms with Gasteiger partial charge in [0, 0.05) is 11.3 Å². The van der Waals surface area contributed by atoms with Gasteiger partial charge in [-0.3, -0.25) is 9.59 Å². The lowest BCUT2D eigenvalue weighted by Crippen LogP contribution is -2.43. The van der Waals surface area contributed by atoms with Crippen LogP contribution in [0, 0.1) is 0 Å². The molecule has 1 aromatic rings. The summed E-state index contributed by atoms with van der Waals surface area (Å²) in [7, 11) is 0. The lowest BCUT2D eigenvalue weighted by molar-refractivity contribution is -0.133. The van der Waals surface area contributed by atoms with Crippen LogP contribution in [0.15, 0.2) is 23.1 Å². The molecule has 6 heteroatoms. The Morgan fingerprint density at radius 1 is 1.43 bits per heavy atom. The summed E-state index contributed by atoms with van der Waals surface area (Å²) in [6, 6.07) is 5.48. The second-order valence-electron chi connectivity index (χ2n) is 4.82. The minimum Gasteiger partial charge on any atom is -0.486 e. The van der Waals surface area contributed by atoms with Crippen molar-refractivity contribution in [1.29, 1.82) is 0 Å². The van der Waals surface area contributed by atoms with Gasteiger partial charge >= 0.3 is 5.97 Å². The number of hydrogen-bond donors (Lipinski definition) is 1. The number of fused-ring (bicyclic) bond motifs is 1. The fourth-order valence-electron chi connectivity index (χ4n) is 2.20. The molecule has 0 saturated carbocycles. The predicted molar refractivity (Wildman–Crippen MR) is 82.2 cm³/mol. The van der Waals surface area contributed by atoms with E-state index < -0.39 is 5.97 Å². The summed E-state index contributed by atoms with van der Waals surface area (Å²) in [4.78, 5) is 25.4. The molecule has 1 heterocycles. The maximum absolute atomic E-state index is 12.1. The van der Waals surface area contributed by atoms with Crippen molar-refractivity contribution < 1.29 is 19.4 Å². The highest BCUT2D eigenvalue weighted by atomic mass is 32.2. The van der Waals surface area contributed by atoms with E-state index in [2.05, 4.69) is 0 Å². The molecule has 5 nitrogen and oxygen atoms in total. The first-order valence-electron chi connectivity index (χ1n) is 7.00. The highest BCUT2D eigenvalue weighted by Crippen LogP contribution is 2.37. The number of nitrogens with zero attached hydrogens (tertiary/aromatic N) is 1. The Kier molecular flexibility index (Phi) is 5.12. The van der Waals surface area contributed by atoms with Crippen LogP contribution in [0.25, 0.3) is 0 Å². The molecule has 0 bridgehead atoms. The third-order valence-corrected chi connectivity index (χ3v) is 4.30. The number of amides is 1. The fraction of sp³-hybridized carbons (Fsp3) is 0.467. The molecule has 1 amide bonds. The number of aliphatic carboxylic acids is 1. The van der Waals surface area contributed by atoms with Gasteiger partial charge < -0.3 is 14.7 Å². The number of rotatable bonds is 5. The third kappa shape index (κ3) is 3.69. The molecule has 114 valence electrons. The highest BCUT2D eigenvalue weighted by Gasteiger charge is 2.28. The molecule has 0 saturated heterocycles. The van der Waals surface area contributed by atoms with Gasteiger partial charge in [0.2, 0.25) is 5.91 Å². The minimum absolute atomic E-state index is 0.00104. The normalized spacial score (nSPS) is 17.0. The van der Waals surface area contributed by atoms with Gasteiger partial charge in [0.05, 0.1) is 18.0 Å². The van der Waals surface area contributed by atoms with Crippen molar-refractivity contribution in [1.82, 2.24) is 0 Å². The summed E-state index contributed by atoms with van der Waals surface area (Å²) in [5.41, 5.74) is 0.738. The molecule has 0 radical (unpaired) electrons. The molecule has 1 atom stereocenters. The number of thioether (sulfide) groups is 1. The zero-order chi connectivity index (χ0) is 15.4. The number of anilines is 1. The molecule has 1 aromatic carbocycles. The number of benzene rings is 1. The summed E-state index contributed by atoms with van der Waals surface area (Å²) in [6.07, 6.45) is 1.27. The van der Waals surface area contributed by atoms with Crippen molar-refractivity contribution in [3.05, 3.63) is 18.2 Å². The van der Waals surface area contributed by atoms with Crippen LogP contribution in [0.5, 0.6) is 5.75 Å². The predicted octanol–water partition coefficient (Wildman–Crippen LogP) is 2.78. The second-order valence-corrected chi connectivity index (χ2v) is 5.87. The quantitative estimate of drug-likeness (QED) is 0.847. The zero-order valence-electron chi connectivity index (χ0n) is 12.2. The van der Waals surface area contributed by atoms with E-state index in [1.807, 2.05) is 32.0 Å². The number of ether oxygens (including phenoxy) is 1. The molecule has 21 heavy (non-hydrogen) atoms. The third-order valence-electron chi connectivity index (χ3n) is 3.32. The maximum atomic E-state index is 12.1. The van der Waals surface area contributed by atoms with Crippen molar-refractivity contribution in [2.24, 2.45) is 0 Å². The Bertz CT molecular complexity index is 546.